The molecule has 3 N–H and O–H groups in total. The van der Waals surface area contributed by atoms with Crippen molar-refractivity contribution < 1.29 is 13.5 Å². The highest BCUT2D eigenvalue weighted by Crippen LogP contribution is 2.29. The van der Waals surface area contributed by atoms with Gasteiger partial charge >= 0.3 is 0 Å². The Morgan fingerprint density at radius 2 is 1.89 bits per heavy atom. The lowest BCUT2D eigenvalue weighted by Gasteiger charge is -2.11. The minimum absolute atomic E-state index is 0.0641. The largest absolute Gasteiger partial charge is 0.456 e. The van der Waals surface area contributed by atoms with Crippen molar-refractivity contribution in [1.82, 2.24) is 0 Å². The van der Waals surface area contributed by atoms with E-state index in [1.807, 2.05) is 0 Å². The van der Waals surface area contributed by atoms with Crippen molar-refractivity contribution in [3.05, 3.63) is 58.1 Å². The summed E-state index contributed by atoms with van der Waals surface area (Å²) in [5.74, 6) is -1.37. The lowest BCUT2D eigenvalue weighted by atomic mass is 10.1. The van der Waals surface area contributed by atoms with Gasteiger partial charge in [-0.15, -0.1) is 0 Å². The first kappa shape index (κ1) is 13.5. The third-order valence-corrected chi connectivity index (χ3v) is 3.01. The van der Waals surface area contributed by atoms with E-state index in [0.717, 1.165) is 6.07 Å². The summed E-state index contributed by atoms with van der Waals surface area (Å²) in [6.07, 6.45) is 0. The van der Waals surface area contributed by atoms with E-state index in [1.165, 1.54) is 30.3 Å². The zero-order chi connectivity index (χ0) is 14.0. The van der Waals surface area contributed by atoms with Gasteiger partial charge in [0.15, 0.2) is 0 Å². The predicted octanol–water partition coefficient (Wildman–Crippen LogP) is 3.80. The quantitative estimate of drug-likeness (QED) is 0.665. The van der Waals surface area contributed by atoms with Crippen molar-refractivity contribution in [2.45, 2.75) is 0 Å². The van der Waals surface area contributed by atoms with Gasteiger partial charge in [0, 0.05) is 6.07 Å². The van der Waals surface area contributed by atoms with Crippen LogP contribution >= 0.6 is 15.9 Å². The topological polar surface area (TPSA) is 59.1 Å². The molecular formula is C13H9BrF2N2O. The molecule has 2 rings (SSSR count). The molecule has 0 radical (unpaired) electrons. The number of benzene rings is 2. The van der Waals surface area contributed by atoms with Gasteiger partial charge in [-0.25, -0.2) is 8.78 Å². The maximum atomic E-state index is 13.6. The van der Waals surface area contributed by atoms with Crippen LogP contribution in [0.1, 0.15) is 5.56 Å². The summed E-state index contributed by atoms with van der Waals surface area (Å²) in [6.45, 7) is 0. The highest BCUT2D eigenvalue weighted by molar-refractivity contribution is 9.10. The van der Waals surface area contributed by atoms with Crippen LogP contribution < -0.4 is 10.5 Å². The van der Waals surface area contributed by atoms with Crippen LogP contribution in [0.3, 0.4) is 0 Å². The minimum atomic E-state index is -0.664. The molecule has 0 aliphatic heterocycles. The van der Waals surface area contributed by atoms with Gasteiger partial charge in [0.25, 0.3) is 0 Å². The molecule has 0 aromatic heterocycles. The molecule has 0 atom stereocenters. The number of hydrogen-bond acceptors (Lipinski definition) is 2. The van der Waals surface area contributed by atoms with E-state index in [9.17, 15) is 8.78 Å². The van der Waals surface area contributed by atoms with Crippen molar-refractivity contribution in [3.8, 4) is 11.5 Å². The summed E-state index contributed by atoms with van der Waals surface area (Å²) >= 11 is 3.02. The average Bonchev–Trinajstić information content (AvgIpc) is 2.33. The summed E-state index contributed by atoms with van der Waals surface area (Å²) < 4.78 is 32.6. The number of amidine groups is 1. The molecule has 0 aliphatic carbocycles. The average molecular weight is 327 g/mol. The van der Waals surface area contributed by atoms with E-state index in [4.69, 9.17) is 15.9 Å². The standard InChI is InChI=1S/C13H9BrF2N2O/c14-8-5-4-7(6-10(8)16)19-11-3-1-2-9(15)12(11)13(17)18/h1-6H,(H3,17,18). The van der Waals surface area contributed by atoms with Gasteiger partial charge in [-0.05, 0) is 40.2 Å². The molecule has 0 saturated heterocycles. The molecular weight excluding hydrogens is 318 g/mol. The number of ether oxygens (including phenoxy) is 1. The molecule has 19 heavy (non-hydrogen) atoms. The first-order valence-electron chi connectivity index (χ1n) is 5.25. The highest BCUT2D eigenvalue weighted by Gasteiger charge is 2.13. The van der Waals surface area contributed by atoms with Crippen molar-refractivity contribution in [2.75, 3.05) is 0 Å². The molecule has 6 heteroatoms. The summed E-state index contributed by atoms with van der Waals surface area (Å²) in [7, 11) is 0. The fourth-order valence-corrected chi connectivity index (χ4v) is 1.76. The zero-order valence-electron chi connectivity index (χ0n) is 9.58. The highest BCUT2D eigenvalue weighted by atomic mass is 79.9. The number of nitrogens with one attached hydrogen (secondary N) is 1. The Kier molecular flexibility index (Phi) is 3.80. The zero-order valence-corrected chi connectivity index (χ0v) is 11.2. The van der Waals surface area contributed by atoms with Crippen LogP contribution in [-0.4, -0.2) is 5.84 Å². The summed E-state index contributed by atoms with van der Waals surface area (Å²) in [5.41, 5.74) is 5.16. The Balaban J connectivity index is 2.40. The molecule has 98 valence electrons. The molecule has 0 amide bonds. The summed E-state index contributed by atoms with van der Waals surface area (Å²) in [5, 5.41) is 7.34. The molecule has 0 saturated carbocycles. The molecule has 2 aromatic carbocycles. The molecule has 3 nitrogen and oxygen atoms in total. The second-order valence-corrected chi connectivity index (χ2v) is 4.56. The maximum absolute atomic E-state index is 13.6. The number of rotatable bonds is 3. The lowest BCUT2D eigenvalue weighted by molar-refractivity contribution is 0.469. The second-order valence-electron chi connectivity index (χ2n) is 3.70. The maximum Gasteiger partial charge on any atom is 0.141 e. The van der Waals surface area contributed by atoms with E-state index in [2.05, 4.69) is 15.9 Å². The van der Waals surface area contributed by atoms with Crippen molar-refractivity contribution >= 4 is 21.8 Å². The Bertz CT molecular complexity index is 647. The van der Waals surface area contributed by atoms with Crippen molar-refractivity contribution in [2.24, 2.45) is 5.73 Å². The molecule has 2 aromatic rings. The van der Waals surface area contributed by atoms with Crippen LogP contribution in [0.2, 0.25) is 0 Å². The normalized spacial score (nSPS) is 10.3. The van der Waals surface area contributed by atoms with Crippen LogP contribution in [0.5, 0.6) is 11.5 Å². The fourth-order valence-electron chi connectivity index (χ4n) is 1.52. The van der Waals surface area contributed by atoms with Crippen molar-refractivity contribution in [1.29, 1.82) is 5.41 Å². The second kappa shape index (κ2) is 5.36. The monoisotopic (exact) mass is 326 g/mol. The van der Waals surface area contributed by atoms with Crippen LogP contribution in [0.15, 0.2) is 40.9 Å². The first-order chi connectivity index (χ1) is 8.99. The van der Waals surface area contributed by atoms with E-state index >= 15 is 0 Å². The van der Waals surface area contributed by atoms with Gasteiger partial charge in [0.05, 0.1) is 10.0 Å². The van der Waals surface area contributed by atoms with E-state index in [-0.39, 0.29) is 17.1 Å². The predicted molar refractivity (Wildman–Crippen MR) is 71.6 cm³/mol. The van der Waals surface area contributed by atoms with E-state index in [0.29, 0.717) is 4.47 Å². The molecule has 0 bridgehead atoms. The van der Waals surface area contributed by atoms with Gasteiger partial charge in [0.1, 0.15) is 29.0 Å². The van der Waals surface area contributed by atoms with Crippen LogP contribution in [0.4, 0.5) is 8.78 Å². The Morgan fingerprint density at radius 1 is 1.16 bits per heavy atom. The van der Waals surface area contributed by atoms with E-state index in [1.54, 1.807) is 0 Å². The molecule has 0 fully saturated rings. The number of hydrogen-bond donors (Lipinski definition) is 2. The van der Waals surface area contributed by atoms with Gasteiger partial charge in [-0.1, -0.05) is 6.07 Å². The fraction of sp³-hybridized carbons (Fsp3) is 0. The molecule has 0 spiro atoms. The minimum Gasteiger partial charge on any atom is -0.456 e. The molecule has 0 heterocycles. The Morgan fingerprint density at radius 3 is 2.53 bits per heavy atom. The molecule has 0 aliphatic rings. The summed E-state index contributed by atoms with van der Waals surface area (Å²) in [4.78, 5) is 0. The number of nitrogens with two attached hydrogens (primary N) is 1. The summed E-state index contributed by atoms with van der Waals surface area (Å²) in [6, 6.07) is 8.19. The smallest absolute Gasteiger partial charge is 0.141 e. The van der Waals surface area contributed by atoms with Gasteiger partial charge < -0.3 is 10.5 Å². The van der Waals surface area contributed by atoms with Gasteiger partial charge in [-0.3, -0.25) is 5.41 Å². The van der Waals surface area contributed by atoms with Crippen LogP contribution in [-0.2, 0) is 0 Å². The van der Waals surface area contributed by atoms with Gasteiger partial charge in [-0.2, -0.15) is 0 Å². The Labute approximate surface area is 116 Å². The third kappa shape index (κ3) is 2.90. The molecule has 0 unspecified atom stereocenters. The number of nitrogen functional groups attached to an aromatic ring is 1. The van der Waals surface area contributed by atoms with E-state index < -0.39 is 17.5 Å². The van der Waals surface area contributed by atoms with Crippen LogP contribution in [0.25, 0.3) is 0 Å². The number of halogens is 3. The van der Waals surface area contributed by atoms with Crippen molar-refractivity contribution in [3.63, 3.8) is 0 Å². The SMILES string of the molecule is N=C(N)c1c(F)cccc1Oc1ccc(Br)c(F)c1. The lowest BCUT2D eigenvalue weighted by Crippen LogP contribution is -2.14. The Hall–Kier alpha value is -1.95. The first-order valence-corrected chi connectivity index (χ1v) is 6.04. The van der Waals surface area contributed by atoms with Gasteiger partial charge in [0.2, 0.25) is 0 Å². The van der Waals surface area contributed by atoms with Crippen LogP contribution in [0, 0.1) is 17.0 Å². The third-order valence-electron chi connectivity index (χ3n) is 2.36.